The van der Waals surface area contributed by atoms with E-state index in [9.17, 15) is 9.59 Å². The Hall–Kier alpha value is -1.52. The fourth-order valence-electron chi connectivity index (χ4n) is 1.18. The van der Waals surface area contributed by atoms with Gasteiger partial charge in [-0.25, -0.2) is 9.59 Å². The number of aromatic nitrogens is 2. The number of carboxylic acid groups (broad SMARTS) is 1. The van der Waals surface area contributed by atoms with Crippen LogP contribution in [0.1, 0.15) is 30.8 Å². The van der Waals surface area contributed by atoms with Gasteiger partial charge >= 0.3 is 11.7 Å². The lowest BCUT2D eigenvalue weighted by atomic mass is 10.1. The van der Waals surface area contributed by atoms with Crippen molar-refractivity contribution in [2.24, 2.45) is 5.92 Å². The van der Waals surface area contributed by atoms with Crippen molar-refractivity contribution in [1.82, 2.24) is 9.55 Å². The van der Waals surface area contributed by atoms with E-state index in [0.717, 1.165) is 6.42 Å². The van der Waals surface area contributed by atoms with Crippen molar-refractivity contribution >= 4 is 5.97 Å². The summed E-state index contributed by atoms with van der Waals surface area (Å²) >= 11 is 0. The Morgan fingerprint density at radius 1 is 1.64 bits per heavy atom. The summed E-state index contributed by atoms with van der Waals surface area (Å²) in [4.78, 5) is 24.3. The van der Waals surface area contributed by atoms with E-state index in [0.29, 0.717) is 12.5 Å². The molecular formula is C9H14N2O3. The Kier molecular flexibility index (Phi) is 3.11. The van der Waals surface area contributed by atoms with E-state index < -0.39 is 5.97 Å². The van der Waals surface area contributed by atoms with Crippen LogP contribution in [-0.4, -0.2) is 20.6 Å². The molecule has 1 rings (SSSR count). The number of carbonyl (C=O) groups is 1. The summed E-state index contributed by atoms with van der Waals surface area (Å²) in [6.45, 7) is 4.50. The Morgan fingerprint density at radius 3 is 2.79 bits per heavy atom. The molecule has 1 aromatic rings. The zero-order valence-electron chi connectivity index (χ0n) is 8.28. The van der Waals surface area contributed by atoms with Gasteiger partial charge in [-0.3, -0.25) is 4.57 Å². The van der Waals surface area contributed by atoms with Gasteiger partial charge in [-0.15, -0.1) is 0 Å². The van der Waals surface area contributed by atoms with Gasteiger partial charge in [0.1, 0.15) is 5.69 Å². The number of carboxylic acids is 1. The lowest BCUT2D eigenvalue weighted by Crippen LogP contribution is -2.21. The van der Waals surface area contributed by atoms with E-state index in [1.165, 1.54) is 10.8 Å². The fourth-order valence-corrected chi connectivity index (χ4v) is 1.18. The van der Waals surface area contributed by atoms with Gasteiger partial charge in [0.2, 0.25) is 0 Å². The van der Waals surface area contributed by atoms with Crippen LogP contribution in [0.25, 0.3) is 0 Å². The predicted molar refractivity (Wildman–Crippen MR) is 51.5 cm³/mol. The minimum absolute atomic E-state index is 0.0238. The first kappa shape index (κ1) is 10.6. The quantitative estimate of drug-likeness (QED) is 0.755. The molecule has 2 N–H and O–H groups in total. The zero-order valence-corrected chi connectivity index (χ0v) is 8.28. The first-order chi connectivity index (χ1) is 6.52. The fraction of sp³-hybridized carbons (Fsp3) is 0.556. The summed E-state index contributed by atoms with van der Waals surface area (Å²) < 4.78 is 1.25. The van der Waals surface area contributed by atoms with E-state index in [1.54, 1.807) is 0 Å². The molecule has 5 nitrogen and oxygen atoms in total. The number of imidazole rings is 1. The highest BCUT2D eigenvalue weighted by molar-refractivity contribution is 5.85. The second-order valence-corrected chi connectivity index (χ2v) is 3.62. The SMILES string of the molecule is CC(C)CCn1c(C(=O)O)c[nH]c1=O. The number of hydrogen-bond acceptors (Lipinski definition) is 2. The zero-order chi connectivity index (χ0) is 10.7. The molecule has 0 amide bonds. The molecule has 0 aromatic carbocycles. The van der Waals surface area contributed by atoms with Gasteiger partial charge in [-0.1, -0.05) is 13.8 Å². The van der Waals surface area contributed by atoms with E-state index >= 15 is 0 Å². The van der Waals surface area contributed by atoms with Gasteiger partial charge in [-0.2, -0.15) is 0 Å². The largest absolute Gasteiger partial charge is 0.477 e. The van der Waals surface area contributed by atoms with Crippen LogP contribution in [-0.2, 0) is 6.54 Å². The molecule has 78 valence electrons. The van der Waals surface area contributed by atoms with Crippen LogP contribution in [0.2, 0.25) is 0 Å². The summed E-state index contributed by atoms with van der Waals surface area (Å²) in [6, 6.07) is 0. The molecule has 5 heteroatoms. The molecule has 0 saturated carbocycles. The predicted octanol–water partition coefficient (Wildman–Crippen LogP) is 0.921. The first-order valence-corrected chi connectivity index (χ1v) is 4.54. The molecular weight excluding hydrogens is 184 g/mol. The number of hydrogen-bond donors (Lipinski definition) is 2. The maximum atomic E-state index is 11.2. The summed E-state index contributed by atoms with van der Waals surface area (Å²) in [5.41, 5.74) is -0.335. The van der Waals surface area contributed by atoms with Crippen molar-refractivity contribution in [3.63, 3.8) is 0 Å². The number of aromatic amines is 1. The van der Waals surface area contributed by atoms with Crippen molar-refractivity contribution in [1.29, 1.82) is 0 Å². The number of H-pyrrole nitrogens is 1. The van der Waals surface area contributed by atoms with Crippen molar-refractivity contribution in [2.45, 2.75) is 26.8 Å². The minimum Gasteiger partial charge on any atom is -0.477 e. The van der Waals surface area contributed by atoms with E-state index in [-0.39, 0.29) is 11.4 Å². The Morgan fingerprint density at radius 2 is 2.29 bits per heavy atom. The van der Waals surface area contributed by atoms with Crippen LogP contribution in [0.4, 0.5) is 0 Å². The molecule has 0 saturated heterocycles. The van der Waals surface area contributed by atoms with Gasteiger partial charge < -0.3 is 10.1 Å². The summed E-state index contributed by atoms with van der Waals surface area (Å²) in [6.07, 6.45) is 2.02. The third kappa shape index (κ3) is 2.25. The van der Waals surface area contributed by atoms with E-state index in [4.69, 9.17) is 5.11 Å². The minimum atomic E-state index is -1.08. The first-order valence-electron chi connectivity index (χ1n) is 4.54. The molecule has 14 heavy (non-hydrogen) atoms. The Bertz CT molecular complexity index is 376. The molecule has 0 bridgehead atoms. The van der Waals surface area contributed by atoms with Crippen molar-refractivity contribution in [2.75, 3.05) is 0 Å². The van der Waals surface area contributed by atoms with Crippen LogP contribution in [0.15, 0.2) is 11.0 Å². The van der Waals surface area contributed by atoms with Crippen molar-refractivity contribution < 1.29 is 9.90 Å². The van der Waals surface area contributed by atoms with Crippen molar-refractivity contribution in [3.05, 3.63) is 22.4 Å². The summed E-state index contributed by atoms with van der Waals surface area (Å²) in [7, 11) is 0. The van der Waals surface area contributed by atoms with Gasteiger partial charge in [0.15, 0.2) is 0 Å². The van der Waals surface area contributed by atoms with Crippen LogP contribution < -0.4 is 5.69 Å². The molecule has 0 spiro atoms. The number of nitrogens with one attached hydrogen (secondary N) is 1. The number of aromatic carboxylic acids is 1. The molecule has 1 heterocycles. The highest BCUT2D eigenvalue weighted by Gasteiger charge is 2.12. The molecule has 0 aliphatic rings. The van der Waals surface area contributed by atoms with Gasteiger partial charge in [0.25, 0.3) is 0 Å². The summed E-state index contributed by atoms with van der Waals surface area (Å²) in [5, 5.41) is 8.76. The highest BCUT2D eigenvalue weighted by Crippen LogP contribution is 2.03. The third-order valence-electron chi connectivity index (χ3n) is 2.02. The Balaban J connectivity index is 2.89. The van der Waals surface area contributed by atoms with Gasteiger partial charge in [0, 0.05) is 12.7 Å². The maximum absolute atomic E-state index is 11.2. The van der Waals surface area contributed by atoms with Crippen molar-refractivity contribution in [3.8, 4) is 0 Å². The lowest BCUT2D eigenvalue weighted by molar-refractivity contribution is 0.0684. The molecule has 1 aromatic heterocycles. The number of rotatable bonds is 4. The topological polar surface area (TPSA) is 75.1 Å². The van der Waals surface area contributed by atoms with Crippen LogP contribution in [0.3, 0.4) is 0 Å². The normalized spacial score (nSPS) is 10.8. The smallest absolute Gasteiger partial charge is 0.354 e. The average Bonchev–Trinajstić information content (AvgIpc) is 2.43. The van der Waals surface area contributed by atoms with Crippen LogP contribution in [0, 0.1) is 5.92 Å². The monoisotopic (exact) mass is 198 g/mol. The van der Waals surface area contributed by atoms with Gasteiger partial charge in [-0.05, 0) is 12.3 Å². The van der Waals surface area contributed by atoms with E-state index in [2.05, 4.69) is 4.98 Å². The summed E-state index contributed by atoms with van der Waals surface area (Å²) in [5.74, 6) is -0.634. The maximum Gasteiger partial charge on any atom is 0.354 e. The second-order valence-electron chi connectivity index (χ2n) is 3.62. The second kappa shape index (κ2) is 4.13. The molecule has 0 aliphatic heterocycles. The highest BCUT2D eigenvalue weighted by atomic mass is 16.4. The lowest BCUT2D eigenvalue weighted by Gasteiger charge is -2.06. The molecule has 0 unspecified atom stereocenters. The standard InChI is InChI=1S/C9H14N2O3/c1-6(2)3-4-11-7(8(12)13)5-10-9(11)14/h5-6H,3-4H2,1-2H3,(H,10,14)(H,12,13). The van der Waals surface area contributed by atoms with Crippen LogP contribution >= 0.6 is 0 Å². The Labute approximate surface area is 81.4 Å². The molecule has 0 atom stereocenters. The average molecular weight is 198 g/mol. The van der Waals surface area contributed by atoms with Crippen LogP contribution in [0.5, 0.6) is 0 Å². The molecule has 0 aliphatic carbocycles. The third-order valence-corrected chi connectivity index (χ3v) is 2.02. The van der Waals surface area contributed by atoms with Gasteiger partial charge in [0.05, 0.1) is 0 Å². The molecule has 0 fully saturated rings. The molecule has 0 radical (unpaired) electrons. The number of nitrogens with zero attached hydrogens (tertiary/aromatic N) is 1. The van der Waals surface area contributed by atoms with E-state index in [1.807, 2.05) is 13.8 Å².